The van der Waals surface area contributed by atoms with Gasteiger partial charge in [-0.05, 0) is 49.7 Å². The number of nitrogens with one attached hydrogen (secondary N) is 1. The molecule has 1 aromatic heterocycles. The lowest BCUT2D eigenvalue weighted by Gasteiger charge is -2.19. The average molecular weight is 410 g/mol. The van der Waals surface area contributed by atoms with Crippen molar-refractivity contribution in [3.63, 3.8) is 0 Å². The van der Waals surface area contributed by atoms with Crippen LogP contribution in [0.3, 0.4) is 0 Å². The number of carbonyl (C=O) groups is 1. The molecule has 1 aliphatic heterocycles. The molecule has 0 unspecified atom stereocenters. The number of aromatic nitrogens is 1. The van der Waals surface area contributed by atoms with E-state index in [9.17, 15) is 10.1 Å². The molecule has 4 rings (SSSR count). The van der Waals surface area contributed by atoms with E-state index in [2.05, 4.69) is 28.1 Å². The second-order valence-electron chi connectivity index (χ2n) is 7.74. The Morgan fingerprint density at radius 2 is 2.07 bits per heavy atom. The zero-order valence-corrected chi connectivity index (χ0v) is 17.5. The second kappa shape index (κ2) is 9.51. The summed E-state index contributed by atoms with van der Waals surface area (Å²) in [4.78, 5) is 12.7. The van der Waals surface area contributed by atoms with E-state index >= 15 is 0 Å². The van der Waals surface area contributed by atoms with Crippen LogP contribution in [0.1, 0.15) is 48.1 Å². The molecule has 1 aromatic carbocycles. The first kappa shape index (κ1) is 20.1. The first-order valence-electron chi connectivity index (χ1n) is 10.4. The summed E-state index contributed by atoms with van der Waals surface area (Å²) >= 11 is 1.59. The molecule has 6 heteroatoms. The van der Waals surface area contributed by atoms with Gasteiger partial charge in [-0.25, -0.2) is 0 Å². The molecule has 2 aliphatic rings. The maximum absolute atomic E-state index is 12.7. The highest BCUT2D eigenvalue weighted by molar-refractivity contribution is 7.99. The van der Waals surface area contributed by atoms with Crippen LogP contribution in [0.2, 0.25) is 0 Å². The van der Waals surface area contributed by atoms with Crippen LogP contribution >= 0.6 is 11.8 Å². The SMILES string of the molecule is N#Cc1c2c(n(C[C@@H]3CCCO3)c1NC(=O)CSCc1ccccc1)CCCC2. The summed E-state index contributed by atoms with van der Waals surface area (Å²) in [5.74, 6) is 1.80. The average Bonchev–Trinajstić information content (AvgIpc) is 3.36. The van der Waals surface area contributed by atoms with Crippen molar-refractivity contribution in [3.05, 3.63) is 52.7 Å². The van der Waals surface area contributed by atoms with Crippen LogP contribution in [0.25, 0.3) is 0 Å². The Hall–Kier alpha value is -2.23. The number of carbonyl (C=O) groups excluding carboxylic acids is 1. The number of amides is 1. The standard InChI is InChI=1S/C23H27N3O2S/c24-13-20-19-10-4-5-11-21(19)26(14-18-9-6-12-28-18)23(20)25-22(27)16-29-15-17-7-2-1-3-8-17/h1-3,7-8,18H,4-6,9-12,14-16H2,(H,25,27)/t18-/m0/s1. The predicted molar refractivity (Wildman–Crippen MR) is 116 cm³/mol. The maximum atomic E-state index is 12.7. The molecular weight excluding hydrogens is 382 g/mol. The number of fused-ring (bicyclic) bond motifs is 1. The quantitative estimate of drug-likeness (QED) is 0.741. The molecule has 1 aliphatic carbocycles. The predicted octanol–water partition coefficient (Wildman–Crippen LogP) is 4.29. The molecule has 0 radical (unpaired) electrons. The molecular formula is C23H27N3O2S. The van der Waals surface area contributed by atoms with Crippen molar-refractivity contribution in [2.24, 2.45) is 0 Å². The van der Waals surface area contributed by atoms with Crippen LogP contribution in [0.5, 0.6) is 0 Å². The Kier molecular flexibility index (Phi) is 6.58. The number of ether oxygens (including phenoxy) is 1. The van der Waals surface area contributed by atoms with Crippen LogP contribution in [0, 0.1) is 11.3 Å². The fraction of sp³-hybridized carbons (Fsp3) is 0.478. The molecule has 5 nitrogen and oxygen atoms in total. The third-order valence-electron chi connectivity index (χ3n) is 5.70. The molecule has 0 bridgehead atoms. The Balaban J connectivity index is 1.49. The van der Waals surface area contributed by atoms with Crippen molar-refractivity contribution in [1.29, 1.82) is 5.26 Å². The van der Waals surface area contributed by atoms with E-state index in [1.54, 1.807) is 11.8 Å². The third-order valence-corrected chi connectivity index (χ3v) is 6.70. The number of benzene rings is 1. The normalized spacial score (nSPS) is 18.2. The van der Waals surface area contributed by atoms with Gasteiger partial charge in [0.15, 0.2) is 0 Å². The molecule has 1 N–H and O–H groups in total. The topological polar surface area (TPSA) is 67.1 Å². The van der Waals surface area contributed by atoms with Gasteiger partial charge >= 0.3 is 0 Å². The molecule has 29 heavy (non-hydrogen) atoms. The van der Waals surface area contributed by atoms with Crippen molar-refractivity contribution < 1.29 is 9.53 Å². The minimum atomic E-state index is -0.0501. The van der Waals surface area contributed by atoms with Gasteiger partial charge in [-0.15, -0.1) is 11.8 Å². The summed E-state index contributed by atoms with van der Waals surface area (Å²) in [5.41, 5.74) is 4.21. The summed E-state index contributed by atoms with van der Waals surface area (Å²) in [6.45, 7) is 1.52. The van der Waals surface area contributed by atoms with Crippen molar-refractivity contribution in [3.8, 4) is 6.07 Å². The Labute approximate surface area is 176 Å². The zero-order valence-electron chi connectivity index (χ0n) is 16.7. The third kappa shape index (κ3) is 4.68. The van der Waals surface area contributed by atoms with E-state index in [1.807, 2.05) is 18.2 Å². The number of anilines is 1. The summed E-state index contributed by atoms with van der Waals surface area (Å²) in [7, 11) is 0. The van der Waals surface area contributed by atoms with Gasteiger partial charge in [0.05, 0.1) is 24.0 Å². The molecule has 0 spiro atoms. The smallest absolute Gasteiger partial charge is 0.235 e. The van der Waals surface area contributed by atoms with E-state index in [4.69, 9.17) is 4.74 Å². The molecule has 152 valence electrons. The largest absolute Gasteiger partial charge is 0.376 e. The first-order chi connectivity index (χ1) is 14.3. The molecule has 1 fully saturated rings. The van der Waals surface area contributed by atoms with Crippen LogP contribution in [0.4, 0.5) is 5.82 Å². The summed E-state index contributed by atoms with van der Waals surface area (Å²) in [6.07, 6.45) is 6.41. The van der Waals surface area contributed by atoms with E-state index in [0.29, 0.717) is 17.1 Å². The van der Waals surface area contributed by atoms with Gasteiger partial charge in [0, 0.05) is 18.1 Å². The van der Waals surface area contributed by atoms with Crippen molar-refractivity contribution >= 4 is 23.5 Å². The van der Waals surface area contributed by atoms with Gasteiger partial charge in [-0.3, -0.25) is 4.79 Å². The molecule has 0 saturated carbocycles. The monoisotopic (exact) mass is 409 g/mol. The van der Waals surface area contributed by atoms with Gasteiger partial charge in [-0.1, -0.05) is 30.3 Å². The van der Waals surface area contributed by atoms with Crippen molar-refractivity contribution in [2.45, 2.75) is 56.9 Å². The molecule has 1 atom stereocenters. The summed E-state index contributed by atoms with van der Waals surface area (Å²) in [6, 6.07) is 12.5. The van der Waals surface area contributed by atoms with Crippen molar-refractivity contribution in [1.82, 2.24) is 4.57 Å². The molecule has 2 aromatic rings. The maximum Gasteiger partial charge on any atom is 0.235 e. The second-order valence-corrected chi connectivity index (χ2v) is 8.73. The number of nitrogens with zero attached hydrogens (tertiary/aromatic N) is 2. The number of hydrogen-bond acceptors (Lipinski definition) is 4. The molecule has 2 heterocycles. The number of thioether (sulfide) groups is 1. The van der Waals surface area contributed by atoms with Gasteiger partial charge in [0.2, 0.25) is 5.91 Å². The lowest BCUT2D eigenvalue weighted by molar-refractivity contribution is -0.113. The lowest BCUT2D eigenvalue weighted by Crippen LogP contribution is -2.23. The van der Waals surface area contributed by atoms with Gasteiger partial charge in [0.1, 0.15) is 11.9 Å². The first-order valence-corrected chi connectivity index (χ1v) is 11.6. The van der Waals surface area contributed by atoms with E-state index in [0.717, 1.165) is 63.0 Å². The van der Waals surface area contributed by atoms with Crippen LogP contribution < -0.4 is 5.32 Å². The van der Waals surface area contributed by atoms with E-state index in [-0.39, 0.29) is 12.0 Å². The minimum Gasteiger partial charge on any atom is -0.376 e. The Bertz CT molecular complexity index is 895. The van der Waals surface area contributed by atoms with Gasteiger partial charge in [-0.2, -0.15) is 5.26 Å². The molecule has 1 amide bonds. The van der Waals surface area contributed by atoms with E-state index in [1.165, 1.54) is 11.3 Å². The highest BCUT2D eigenvalue weighted by atomic mass is 32.2. The fourth-order valence-corrected chi connectivity index (χ4v) is 5.10. The highest BCUT2D eigenvalue weighted by Crippen LogP contribution is 2.34. The van der Waals surface area contributed by atoms with Crippen LogP contribution in [-0.4, -0.2) is 28.9 Å². The number of nitriles is 1. The van der Waals surface area contributed by atoms with Gasteiger partial charge in [0.25, 0.3) is 0 Å². The zero-order chi connectivity index (χ0) is 20.1. The number of rotatable bonds is 7. The van der Waals surface area contributed by atoms with Crippen LogP contribution in [0.15, 0.2) is 30.3 Å². The number of hydrogen-bond donors (Lipinski definition) is 1. The van der Waals surface area contributed by atoms with Crippen LogP contribution in [-0.2, 0) is 34.7 Å². The van der Waals surface area contributed by atoms with Crippen molar-refractivity contribution in [2.75, 3.05) is 17.7 Å². The summed E-state index contributed by atoms with van der Waals surface area (Å²) in [5, 5.41) is 12.9. The highest BCUT2D eigenvalue weighted by Gasteiger charge is 2.28. The fourth-order valence-electron chi connectivity index (χ4n) is 4.32. The van der Waals surface area contributed by atoms with Gasteiger partial charge < -0.3 is 14.6 Å². The Morgan fingerprint density at radius 3 is 2.83 bits per heavy atom. The molecule has 1 saturated heterocycles. The lowest BCUT2D eigenvalue weighted by atomic mass is 9.95. The summed E-state index contributed by atoms with van der Waals surface area (Å²) < 4.78 is 8.01. The van der Waals surface area contributed by atoms with E-state index < -0.39 is 0 Å². The Morgan fingerprint density at radius 1 is 1.24 bits per heavy atom. The minimum absolute atomic E-state index is 0.0501.